The van der Waals surface area contributed by atoms with Crippen LogP contribution in [-0.2, 0) is 16.6 Å². The molecule has 1 saturated carbocycles. The quantitative estimate of drug-likeness (QED) is 0.606. The van der Waals surface area contributed by atoms with Gasteiger partial charge in [0.25, 0.3) is 5.91 Å². The third-order valence-electron chi connectivity index (χ3n) is 5.71. The molecule has 1 amide bonds. The Labute approximate surface area is 188 Å². The number of carbonyl (C=O) groups is 1. The minimum atomic E-state index is -3.56. The Balaban J connectivity index is 1.56. The molecule has 2 aromatic heterocycles. The van der Waals surface area contributed by atoms with Crippen LogP contribution >= 0.6 is 11.5 Å². The van der Waals surface area contributed by atoms with Gasteiger partial charge >= 0.3 is 0 Å². The number of nitrogens with zero attached hydrogens (tertiary/aromatic N) is 5. The minimum absolute atomic E-state index is 0.212. The topological polar surface area (TPSA) is 110 Å². The van der Waals surface area contributed by atoms with E-state index in [4.69, 9.17) is 0 Å². The van der Waals surface area contributed by atoms with Gasteiger partial charge in [0.1, 0.15) is 11.6 Å². The molecule has 5 rings (SSSR count). The number of benzene rings is 1. The molecule has 9 nitrogen and oxygen atoms in total. The molecular formula is C20H21FN6O3S2. The Hall–Kier alpha value is -2.86. The molecule has 1 aliphatic carbocycles. The maximum absolute atomic E-state index is 13.3. The average Bonchev–Trinajstić information content (AvgIpc) is 3.45. The molecule has 0 spiro atoms. The second-order valence-corrected chi connectivity index (χ2v) is 10.7. The number of anilines is 1. The van der Waals surface area contributed by atoms with Crippen molar-refractivity contribution in [3.63, 3.8) is 0 Å². The molecule has 1 N–H and O–H groups in total. The monoisotopic (exact) mass is 476 g/mol. The van der Waals surface area contributed by atoms with Crippen molar-refractivity contribution in [1.82, 2.24) is 23.8 Å². The Kier molecular flexibility index (Phi) is 5.01. The molecule has 0 saturated heterocycles. The zero-order chi connectivity index (χ0) is 22.6. The molecule has 1 fully saturated rings. The van der Waals surface area contributed by atoms with Crippen LogP contribution in [0.1, 0.15) is 47.7 Å². The van der Waals surface area contributed by atoms with Crippen LogP contribution in [0.3, 0.4) is 0 Å². The smallest absolute Gasteiger partial charge is 0.254 e. The van der Waals surface area contributed by atoms with Crippen LogP contribution in [0.5, 0.6) is 0 Å². The lowest BCUT2D eigenvalue weighted by atomic mass is 10.1. The first-order valence-corrected chi connectivity index (χ1v) is 12.6. The first-order valence-electron chi connectivity index (χ1n) is 10.2. The molecule has 3 heterocycles. The number of aryl methyl sites for hydroxylation is 1. The molecule has 1 unspecified atom stereocenters. The van der Waals surface area contributed by atoms with E-state index in [1.165, 1.54) is 35.8 Å². The molecule has 1 aliphatic heterocycles. The summed E-state index contributed by atoms with van der Waals surface area (Å²) in [6.07, 6.45) is 1.25. The highest BCUT2D eigenvalue weighted by Gasteiger charge is 2.39. The van der Waals surface area contributed by atoms with Crippen LogP contribution in [0.2, 0.25) is 0 Å². The summed E-state index contributed by atoms with van der Waals surface area (Å²) in [5.41, 5.74) is 0.963. The molecular weight excluding hydrogens is 455 g/mol. The van der Waals surface area contributed by atoms with Gasteiger partial charge in [-0.3, -0.25) is 9.52 Å². The molecule has 32 heavy (non-hydrogen) atoms. The summed E-state index contributed by atoms with van der Waals surface area (Å²) in [4.78, 5) is 23.8. The van der Waals surface area contributed by atoms with E-state index in [2.05, 4.69) is 19.1 Å². The number of amides is 1. The van der Waals surface area contributed by atoms with Gasteiger partial charge in [0.05, 0.1) is 17.0 Å². The van der Waals surface area contributed by atoms with Gasteiger partial charge < -0.3 is 9.47 Å². The summed E-state index contributed by atoms with van der Waals surface area (Å²) >= 11 is 1.19. The fourth-order valence-corrected chi connectivity index (χ4v) is 5.94. The lowest BCUT2D eigenvalue weighted by molar-refractivity contribution is 0.0646. The Bertz CT molecular complexity index is 1300. The van der Waals surface area contributed by atoms with Crippen LogP contribution < -0.4 is 4.72 Å². The summed E-state index contributed by atoms with van der Waals surface area (Å²) < 4.78 is 47.4. The molecule has 12 heteroatoms. The lowest BCUT2D eigenvalue weighted by Crippen LogP contribution is -2.41. The standard InChI is InChI=1S/C20H21FN6O3S2/c1-11-16-17(25-32(29,30)15-7-8-15)23-18(19-22-12(2)24-31-19)27(16)10-9-26(11)20(28)13-3-5-14(21)6-4-13/h3-6,11,15,25H,7-10H2,1-2H3. The molecule has 3 aromatic rings. The summed E-state index contributed by atoms with van der Waals surface area (Å²) in [6.45, 7) is 4.42. The number of halogens is 1. The zero-order valence-electron chi connectivity index (χ0n) is 17.4. The van der Waals surface area contributed by atoms with E-state index in [0.717, 1.165) is 0 Å². The highest BCUT2D eigenvalue weighted by atomic mass is 32.2. The van der Waals surface area contributed by atoms with E-state index in [1.807, 2.05) is 11.5 Å². The third kappa shape index (κ3) is 3.66. The fraction of sp³-hybridized carbons (Fsp3) is 0.400. The maximum Gasteiger partial charge on any atom is 0.254 e. The number of rotatable bonds is 5. The first kappa shape index (κ1) is 21.0. The Morgan fingerprint density at radius 2 is 1.91 bits per heavy atom. The van der Waals surface area contributed by atoms with Gasteiger partial charge in [-0.15, -0.1) is 0 Å². The first-order chi connectivity index (χ1) is 15.2. The third-order valence-corrected chi connectivity index (χ3v) is 8.34. The van der Waals surface area contributed by atoms with E-state index in [0.29, 0.717) is 53.8 Å². The van der Waals surface area contributed by atoms with E-state index in [-0.39, 0.29) is 11.7 Å². The van der Waals surface area contributed by atoms with Gasteiger partial charge in [-0.05, 0) is 62.5 Å². The number of hydrogen-bond acceptors (Lipinski definition) is 7. The number of imidazole rings is 1. The van der Waals surface area contributed by atoms with Gasteiger partial charge in [-0.1, -0.05) is 0 Å². The van der Waals surface area contributed by atoms with Crippen LogP contribution in [0.25, 0.3) is 10.8 Å². The van der Waals surface area contributed by atoms with Gasteiger partial charge in [-0.2, -0.15) is 4.37 Å². The second-order valence-electron chi connectivity index (χ2n) is 8.00. The van der Waals surface area contributed by atoms with Crippen molar-refractivity contribution in [2.75, 3.05) is 11.3 Å². The SMILES string of the molecule is Cc1nsc(-c2nc(NS(=O)(=O)C3CC3)c3n2CCN(C(=O)c2ccc(F)cc2)C3C)n1. The minimum Gasteiger partial charge on any atom is -0.328 e. The van der Waals surface area contributed by atoms with Gasteiger partial charge in [-0.25, -0.2) is 22.8 Å². The van der Waals surface area contributed by atoms with Gasteiger partial charge in [0.2, 0.25) is 10.0 Å². The molecule has 168 valence electrons. The summed E-state index contributed by atoms with van der Waals surface area (Å²) in [5.74, 6) is 0.678. The fourth-order valence-electron chi connectivity index (χ4n) is 3.92. The van der Waals surface area contributed by atoms with Crippen LogP contribution in [-0.4, -0.2) is 49.9 Å². The van der Waals surface area contributed by atoms with Crippen molar-refractivity contribution in [2.24, 2.45) is 0 Å². The van der Waals surface area contributed by atoms with E-state index in [1.54, 1.807) is 11.8 Å². The highest BCUT2D eigenvalue weighted by molar-refractivity contribution is 7.93. The van der Waals surface area contributed by atoms with Gasteiger partial charge in [0.15, 0.2) is 16.6 Å². The van der Waals surface area contributed by atoms with Crippen molar-refractivity contribution < 1.29 is 17.6 Å². The predicted molar refractivity (Wildman–Crippen MR) is 117 cm³/mol. The summed E-state index contributed by atoms with van der Waals surface area (Å²) in [6, 6.07) is 4.92. The molecule has 0 radical (unpaired) electrons. The average molecular weight is 477 g/mol. The number of nitrogens with one attached hydrogen (secondary N) is 1. The van der Waals surface area contributed by atoms with Crippen LogP contribution in [0.4, 0.5) is 10.2 Å². The van der Waals surface area contributed by atoms with E-state index in [9.17, 15) is 17.6 Å². The van der Waals surface area contributed by atoms with Crippen molar-refractivity contribution in [2.45, 2.75) is 44.5 Å². The Morgan fingerprint density at radius 1 is 1.19 bits per heavy atom. The van der Waals surface area contributed by atoms with Crippen LogP contribution in [0.15, 0.2) is 24.3 Å². The van der Waals surface area contributed by atoms with Crippen molar-refractivity contribution in [1.29, 1.82) is 0 Å². The molecule has 0 bridgehead atoms. The van der Waals surface area contributed by atoms with Gasteiger partial charge in [0, 0.05) is 18.7 Å². The van der Waals surface area contributed by atoms with E-state index < -0.39 is 27.1 Å². The van der Waals surface area contributed by atoms with Crippen molar-refractivity contribution in [3.05, 3.63) is 47.2 Å². The lowest BCUT2D eigenvalue weighted by Gasteiger charge is -2.35. The summed E-state index contributed by atoms with van der Waals surface area (Å²) in [7, 11) is -3.56. The normalized spacial score (nSPS) is 18.5. The largest absolute Gasteiger partial charge is 0.328 e. The zero-order valence-corrected chi connectivity index (χ0v) is 19.1. The number of carbonyl (C=O) groups excluding carboxylic acids is 1. The summed E-state index contributed by atoms with van der Waals surface area (Å²) in [5, 5.41) is 0.175. The molecule has 2 aliphatic rings. The van der Waals surface area contributed by atoms with Crippen LogP contribution in [0, 0.1) is 12.7 Å². The van der Waals surface area contributed by atoms with Crippen molar-refractivity contribution in [3.8, 4) is 10.8 Å². The number of sulfonamides is 1. The maximum atomic E-state index is 13.3. The van der Waals surface area contributed by atoms with Crippen molar-refractivity contribution >= 4 is 33.3 Å². The number of aromatic nitrogens is 4. The molecule has 1 aromatic carbocycles. The number of hydrogen-bond donors (Lipinski definition) is 1. The predicted octanol–water partition coefficient (Wildman–Crippen LogP) is 2.97. The Morgan fingerprint density at radius 3 is 2.53 bits per heavy atom. The van der Waals surface area contributed by atoms with E-state index >= 15 is 0 Å². The second kappa shape index (κ2) is 7.62. The number of fused-ring (bicyclic) bond motifs is 1. The molecule has 1 atom stereocenters. The highest BCUT2D eigenvalue weighted by Crippen LogP contribution is 2.38.